The number of aliphatic hydroxyl groups is 1. The van der Waals surface area contributed by atoms with Crippen LogP contribution in [0.1, 0.15) is 32.6 Å². The molecule has 0 spiro atoms. The van der Waals surface area contributed by atoms with E-state index in [1.54, 1.807) is 18.1 Å². The van der Waals surface area contributed by atoms with E-state index in [9.17, 15) is 5.11 Å². The average Bonchev–Trinajstić information content (AvgIpc) is 2.39. The van der Waals surface area contributed by atoms with Crippen LogP contribution in [0.25, 0.3) is 0 Å². The summed E-state index contributed by atoms with van der Waals surface area (Å²) in [6.45, 7) is 2.41. The fourth-order valence-electron chi connectivity index (χ4n) is 2.75. The van der Waals surface area contributed by atoms with E-state index in [0.717, 1.165) is 30.1 Å². The molecule has 1 fully saturated rings. The summed E-state index contributed by atoms with van der Waals surface area (Å²) >= 11 is 1.60. The summed E-state index contributed by atoms with van der Waals surface area (Å²) in [5, 5.41) is 14.1. The third-order valence-corrected chi connectivity index (χ3v) is 4.28. The predicted octanol–water partition coefficient (Wildman–Crippen LogP) is 2.55. The number of nitrogens with one attached hydrogen (secondary N) is 1. The Morgan fingerprint density at radius 1 is 1.56 bits per heavy atom. The zero-order valence-electron chi connectivity index (χ0n) is 11.0. The van der Waals surface area contributed by atoms with Gasteiger partial charge in [-0.2, -0.15) is 0 Å². The molecule has 0 aliphatic heterocycles. The molecule has 2 N–H and O–H groups in total. The van der Waals surface area contributed by atoms with E-state index >= 15 is 0 Å². The molecule has 0 bridgehead atoms. The van der Waals surface area contributed by atoms with Gasteiger partial charge in [0.15, 0.2) is 0 Å². The summed E-state index contributed by atoms with van der Waals surface area (Å²) in [4.78, 5) is 8.42. The minimum Gasteiger partial charge on any atom is -0.394 e. The third-order valence-electron chi connectivity index (χ3n) is 3.64. The van der Waals surface area contributed by atoms with Crippen LogP contribution < -0.4 is 5.32 Å². The molecule has 1 aliphatic rings. The minimum absolute atomic E-state index is 0.163. The second-order valence-corrected chi connectivity index (χ2v) is 6.04. The molecule has 0 aromatic carbocycles. The van der Waals surface area contributed by atoms with Gasteiger partial charge in [0.05, 0.1) is 12.1 Å². The molecule has 0 amide bonds. The highest BCUT2D eigenvalue weighted by molar-refractivity contribution is 7.98. The average molecular weight is 267 g/mol. The zero-order chi connectivity index (χ0) is 13.0. The second kappa shape index (κ2) is 5.89. The first-order valence-corrected chi connectivity index (χ1v) is 7.65. The van der Waals surface area contributed by atoms with Crippen LogP contribution in [0.15, 0.2) is 17.4 Å². The molecule has 1 saturated carbocycles. The molecule has 100 valence electrons. The highest BCUT2D eigenvalue weighted by atomic mass is 32.2. The standard InChI is InChI=1S/C13H21N3OS/c1-10-4-3-5-13(7-10,8-17)16-11-6-12(18-2)15-9-14-11/h6,9-10,17H,3-5,7-8H2,1-2H3,(H,14,15,16). The van der Waals surface area contributed by atoms with Crippen molar-refractivity contribution in [3.63, 3.8) is 0 Å². The molecule has 4 nitrogen and oxygen atoms in total. The lowest BCUT2D eigenvalue weighted by Gasteiger charge is -2.39. The molecule has 5 heteroatoms. The lowest BCUT2D eigenvalue weighted by atomic mass is 9.77. The Kier molecular flexibility index (Phi) is 4.45. The van der Waals surface area contributed by atoms with Crippen molar-refractivity contribution in [2.45, 2.75) is 43.2 Å². The van der Waals surface area contributed by atoms with Gasteiger partial charge in [0.2, 0.25) is 0 Å². The number of aromatic nitrogens is 2. The molecule has 0 radical (unpaired) electrons. The topological polar surface area (TPSA) is 58.0 Å². The Hall–Kier alpha value is -0.810. The van der Waals surface area contributed by atoms with E-state index in [-0.39, 0.29) is 12.1 Å². The normalized spacial score (nSPS) is 28.1. The Morgan fingerprint density at radius 3 is 3.06 bits per heavy atom. The van der Waals surface area contributed by atoms with Crippen molar-refractivity contribution in [3.8, 4) is 0 Å². The number of nitrogens with zero attached hydrogens (tertiary/aromatic N) is 2. The number of thioether (sulfide) groups is 1. The lowest BCUT2D eigenvalue weighted by Crippen LogP contribution is -2.46. The van der Waals surface area contributed by atoms with Gasteiger partial charge in [0.25, 0.3) is 0 Å². The van der Waals surface area contributed by atoms with Crippen LogP contribution in [0.5, 0.6) is 0 Å². The molecule has 1 aliphatic carbocycles. The molecule has 18 heavy (non-hydrogen) atoms. The third kappa shape index (κ3) is 3.14. The van der Waals surface area contributed by atoms with Crippen LogP contribution in [0.4, 0.5) is 5.82 Å². The van der Waals surface area contributed by atoms with Crippen LogP contribution in [-0.2, 0) is 0 Å². The molecule has 2 unspecified atom stereocenters. The van der Waals surface area contributed by atoms with Crippen LogP contribution in [0, 0.1) is 5.92 Å². The van der Waals surface area contributed by atoms with Gasteiger partial charge < -0.3 is 10.4 Å². The van der Waals surface area contributed by atoms with Crippen molar-refractivity contribution < 1.29 is 5.11 Å². The molecule has 1 heterocycles. The van der Waals surface area contributed by atoms with Gasteiger partial charge in [-0.15, -0.1) is 11.8 Å². The molecular formula is C13H21N3OS. The van der Waals surface area contributed by atoms with Gasteiger partial charge in [-0.1, -0.05) is 19.8 Å². The van der Waals surface area contributed by atoms with Gasteiger partial charge in [0, 0.05) is 6.07 Å². The monoisotopic (exact) mass is 267 g/mol. The Morgan fingerprint density at radius 2 is 2.39 bits per heavy atom. The number of hydrogen-bond acceptors (Lipinski definition) is 5. The van der Waals surface area contributed by atoms with Crippen LogP contribution >= 0.6 is 11.8 Å². The van der Waals surface area contributed by atoms with Crippen LogP contribution in [0.2, 0.25) is 0 Å². The molecule has 2 atom stereocenters. The van der Waals surface area contributed by atoms with Crippen molar-refractivity contribution in [1.82, 2.24) is 9.97 Å². The fourth-order valence-corrected chi connectivity index (χ4v) is 3.13. The minimum atomic E-state index is -0.207. The first-order chi connectivity index (χ1) is 8.67. The van der Waals surface area contributed by atoms with Crippen LogP contribution in [-0.4, -0.2) is 33.5 Å². The number of rotatable bonds is 4. The second-order valence-electron chi connectivity index (χ2n) is 5.21. The van der Waals surface area contributed by atoms with E-state index in [2.05, 4.69) is 22.2 Å². The van der Waals surface area contributed by atoms with E-state index in [0.29, 0.717) is 5.92 Å². The van der Waals surface area contributed by atoms with Gasteiger partial charge in [-0.3, -0.25) is 0 Å². The van der Waals surface area contributed by atoms with E-state index in [1.807, 2.05) is 12.3 Å². The molecule has 1 aromatic rings. The van der Waals surface area contributed by atoms with Crippen molar-refractivity contribution in [1.29, 1.82) is 0 Å². The lowest BCUT2D eigenvalue weighted by molar-refractivity contribution is 0.149. The predicted molar refractivity (Wildman–Crippen MR) is 74.9 cm³/mol. The van der Waals surface area contributed by atoms with E-state index < -0.39 is 0 Å². The SMILES string of the molecule is CSc1cc(NC2(CO)CCCC(C)C2)ncn1. The first-order valence-electron chi connectivity index (χ1n) is 6.42. The van der Waals surface area contributed by atoms with E-state index in [1.165, 1.54) is 6.42 Å². The fraction of sp³-hybridized carbons (Fsp3) is 0.692. The van der Waals surface area contributed by atoms with Gasteiger partial charge in [-0.25, -0.2) is 9.97 Å². The maximum Gasteiger partial charge on any atom is 0.130 e. The zero-order valence-corrected chi connectivity index (χ0v) is 11.8. The molecule has 0 saturated heterocycles. The van der Waals surface area contributed by atoms with Crippen LogP contribution in [0.3, 0.4) is 0 Å². The first kappa shape index (κ1) is 13.6. The number of anilines is 1. The highest BCUT2D eigenvalue weighted by Crippen LogP contribution is 2.34. The van der Waals surface area contributed by atoms with Gasteiger partial charge in [-0.05, 0) is 25.0 Å². The smallest absolute Gasteiger partial charge is 0.130 e. The summed E-state index contributed by atoms with van der Waals surface area (Å²) < 4.78 is 0. The quantitative estimate of drug-likeness (QED) is 0.648. The summed E-state index contributed by atoms with van der Waals surface area (Å²) in [5.74, 6) is 1.47. The number of aliphatic hydroxyl groups excluding tert-OH is 1. The van der Waals surface area contributed by atoms with Gasteiger partial charge in [0.1, 0.15) is 17.2 Å². The van der Waals surface area contributed by atoms with Crippen molar-refractivity contribution >= 4 is 17.6 Å². The summed E-state index contributed by atoms with van der Waals surface area (Å²) in [6, 6.07) is 1.95. The highest BCUT2D eigenvalue weighted by Gasteiger charge is 2.34. The Balaban J connectivity index is 2.13. The molecule has 2 rings (SSSR count). The van der Waals surface area contributed by atoms with Crippen molar-refractivity contribution in [2.75, 3.05) is 18.2 Å². The maximum absolute atomic E-state index is 9.74. The summed E-state index contributed by atoms with van der Waals surface area (Å²) in [5.41, 5.74) is -0.207. The molecule has 1 aromatic heterocycles. The number of hydrogen-bond donors (Lipinski definition) is 2. The van der Waals surface area contributed by atoms with Gasteiger partial charge >= 0.3 is 0 Å². The van der Waals surface area contributed by atoms with Crippen molar-refractivity contribution in [2.24, 2.45) is 5.92 Å². The largest absolute Gasteiger partial charge is 0.394 e. The Labute approximate surface area is 113 Å². The van der Waals surface area contributed by atoms with E-state index in [4.69, 9.17) is 0 Å². The van der Waals surface area contributed by atoms with Crippen molar-refractivity contribution in [3.05, 3.63) is 12.4 Å². The maximum atomic E-state index is 9.74. The summed E-state index contributed by atoms with van der Waals surface area (Å²) in [7, 11) is 0. The Bertz CT molecular complexity index is 402. The summed E-state index contributed by atoms with van der Waals surface area (Å²) in [6.07, 6.45) is 8.00. The molecular weight excluding hydrogens is 246 g/mol.